The van der Waals surface area contributed by atoms with Crippen LogP contribution in [0, 0.1) is 11.8 Å². The number of ether oxygens (including phenoxy) is 2. The highest BCUT2D eigenvalue weighted by Crippen LogP contribution is 2.11. The number of hydrogen-bond acceptors (Lipinski definition) is 3. The van der Waals surface area contributed by atoms with E-state index in [1.54, 1.807) is 7.11 Å². The molecule has 2 aromatic carbocycles. The molecule has 2 rings (SSSR count). The monoisotopic (exact) mass is 294 g/mol. The third-order valence-electron chi connectivity index (χ3n) is 3.02. The highest BCUT2D eigenvalue weighted by molar-refractivity contribution is 5.96. The van der Waals surface area contributed by atoms with Crippen LogP contribution in [0.15, 0.2) is 54.6 Å². The Hall–Kier alpha value is -2.57. The van der Waals surface area contributed by atoms with Crippen molar-refractivity contribution >= 4 is 5.78 Å². The number of carbonyl (C=O) groups is 1. The number of benzene rings is 2. The van der Waals surface area contributed by atoms with Crippen molar-refractivity contribution < 1.29 is 14.3 Å². The molecule has 0 bridgehead atoms. The minimum atomic E-state index is -0.112. The first-order valence-electron chi connectivity index (χ1n) is 7.08. The summed E-state index contributed by atoms with van der Waals surface area (Å²) in [6.07, 6.45) is 0.302. The molecule has 0 aromatic heterocycles. The van der Waals surface area contributed by atoms with Crippen molar-refractivity contribution in [1.29, 1.82) is 0 Å². The Bertz CT molecular complexity index is 649. The van der Waals surface area contributed by atoms with Gasteiger partial charge in [0, 0.05) is 12.0 Å². The molecule has 0 saturated heterocycles. The largest absolute Gasteiger partial charge is 0.497 e. The van der Waals surface area contributed by atoms with E-state index in [4.69, 9.17) is 9.47 Å². The maximum Gasteiger partial charge on any atom is 0.208 e. The first-order valence-corrected chi connectivity index (χ1v) is 7.08. The average molecular weight is 294 g/mol. The van der Waals surface area contributed by atoms with Gasteiger partial charge in [-0.1, -0.05) is 36.3 Å². The normalized spacial score (nSPS) is 9.68. The van der Waals surface area contributed by atoms with Crippen LogP contribution in [-0.2, 0) is 16.1 Å². The van der Waals surface area contributed by atoms with E-state index in [9.17, 15) is 4.79 Å². The van der Waals surface area contributed by atoms with Gasteiger partial charge in [0.1, 0.15) is 5.75 Å². The molecule has 0 heterocycles. The van der Waals surface area contributed by atoms with E-state index in [1.165, 1.54) is 0 Å². The smallest absolute Gasteiger partial charge is 0.208 e. The Kier molecular flexibility index (Phi) is 6.22. The SMILES string of the molecule is COc1ccc(COCCC(=O)C#Cc2ccccc2)cc1. The molecular formula is C19H18O3. The van der Waals surface area contributed by atoms with Crippen LogP contribution >= 0.6 is 0 Å². The zero-order valence-corrected chi connectivity index (χ0v) is 12.5. The summed E-state index contributed by atoms with van der Waals surface area (Å²) < 4.78 is 10.6. The number of carbonyl (C=O) groups excluding carboxylic acids is 1. The molecule has 0 unspecified atom stereocenters. The molecule has 0 N–H and O–H groups in total. The van der Waals surface area contributed by atoms with Gasteiger partial charge in [0.25, 0.3) is 0 Å². The number of Topliss-reactive ketones (excluding diaryl/α,β-unsaturated/α-hetero) is 1. The quantitative estimate of drug-likeness (QED) is 0.606. The molecule has 0 radical (unpaired) electrons. The van der Waals surface area contributed by atoms with Crippen LogP contribution in [0.25, 0.3) is 0 Å². The van der Waals surface area contributed by atoms with Crippen LogP contribution in [0.3, 0.4) is 0 Å². The zero-order valence-electron chi connectivity index (χ0n) is 12.5. The second-order valence-corrected chi connectivity index (χ2v) is 4.69. The number of methoxy groups -OCH3 is 1. The van der Waals surface area contributed by atoms with E-state index in [1.807, 2.05) is 54.6 Å². The lowest BCUT2D eigenvalue weighted by Crippen LogP contribution is -2.02. The van der Waals surface area contributed by atoms with Gasteiger partial charge in [-0.2, -0.15) is 0 Å². The van der Waals surface area contributed by atoms with Gasteiger partial charge in [-0.3, -0.25) is 4.79 Å². The fourth-order valence-corrected chi connectivity index (χ4v) is 1.80. The third-order valence-corrected chi connectivity index (χ3v) is 3.02. The van der Waals surface area contributed by atoms with Crippen molar-refractivity contribution in [3.05, 3.63) is 65.7 Å². The molecule has 0 spiro atoms. The molecule has 0 amide bonds. The molecule has 2 aromatic rings. The molecule has 0 aliphatic heterocycles. The first kappa shape index (κ1) is 15.8. The lowest BCUT2D eigenvalue weighted by Gasteiger charge is -2.04. The van der Waals surface area contributed by atoms with Crippen LogP contribution in [0.4, 0.5) is 0 Å². The van der Waals surface area contributed by atoms with Gasteiger partial charge in [-0.05, 0) is 35.7 Å². The summed E-state index contributed by atoms with van der Waals surface area (Å²) in [4.78, 5) is 11.6. The van der Waals surface area contributed by atoms with Crippen LogP contribution in [0.5, 0.6) is 5.75 Å². The van der Waals surface area contributed by atoms with Crippen LogP contribution in [0.2, 0.25) is 0 Å². The molecule has 22 heavy (non-hydrogen) atoms. The summed E-state index contributed by atoms with van der Waals surface area (Å²) in [7, 11) is 1.63. The zero-order chi connectivity index (χ0) is 15.6. The van der Waals surface area contributed by atoms with Gasteiger partial charge in [0.2, 0.25) is 5.78 Å². The van der Waals surface area contributed by atoms with E-state index in [0.717, 1.165) is 16.9 Å². The van der Waals surface area contributed by atoms with E-state index >= 15 is 0 Å². The van der Waals surface area contributed by atoms with Crippen molar-refractivity contribution in [1.82, 2.24) is 0 Å². The Balaban J connectivity index is 1.70. The van der Waals surface area contributed by atoms with Crippen molar-refractivity contribution in [2.75, 3.05) is 13.7 Å². The lowest BCUT2D eigenvalue weighted by molar-refractivity contribution is -0.114. The van der Waals surface area contributed by atoms with Crippen molar-refractivity contribution in [3.8, 4) is 17.6 Å². The minimum Gasteiger partial charge on any atom is -0.497 e. The maximum atomic E-state index is 11.6. The molecule has 0 aliphatic rings. The van der Waals surface area contributed by atoms with E-state index in [0.29, 0.717) is 19.6 Å². The predicted molar refractivity (Wildman–Crippen MR) is 85.6 cm³/mol. The van der Waals surface area contributed by atoms with Gasteiger partial charge >= 0.3 is 0 Å². The lowest BCUT2D eigenvalue weighted by atomic mass is 10.2. The molecule has 112 valence electrons. The predicted octanol–water partition coefficient (Wildman–Crippen LogP) is 3.22. The van der Waals surface area contributed by atoms with Crippen LogP contribution < -0.4 is 4.74 Å². The highest BCUT2D eigenvalue weighted by atomic mass is 16.5. The van der Waals surface area contributed by atoms with E-state index in [2.05, 4.69) is 11.8 Å². The fourth-order valence-electron chi connectivity index (χ4n) is 1.80. The molecule has 0 atom stereocenters. The molecule has 0 saturated carbocycles. The van der Waals surface area contributed by atoms with Crippen molar-refractivity contribution in [2.45, 2.75) is 13.0 Å². The van der Waals surface area contributed by atoms with Gasteiger partial charge in [-0.15, -0.1) is 0 Å². The van der Waals surface area contributed by atoms with E-state index < -0.39 is 0 Å². The summed E-state index contributed by atoms with van der Waals surface area (Å²) in [6, 6.07) is 17.1. The van der Waals surface area contributed by atoms with Crippen LogP contribution in [-0.4, -0.2) is 19.5 Å². The molecule has 3 heteroatoms. The Labute approximate surface area is 130 Å². The summed E-state index contributed by atoms with van der Waals surface area (Å²) in [6.45, 7) is 0.845. The van der Waals surface area contributed by atoms with Gasteiger partial charge in [0.15, 0.2) is 0 Å². The number of ketones is 1. The second-order valence-electron chi connectivity index (χ2n) is 4.69. The minimum absolute atomic E-state index is 0.112. The fraction of sp³-hybridized carbons (Fsp3) is 0.211. The molecular weight excluding hydrogens is 276 g/mol. The summed E-state index contributed by atoms with van der Waals surface area (Å²) in [5.74, 6) is 6.18. The number of hydrogen-bond donors (Lipinski definition) is 0. The Morgan fingerprint density at radius 1 is 1.05 bits per heavy atom. The second kappa shape index (κ2) is 8.66. The maximum absolute atomic E-state index is 11.6. The summed E-state index contributed by atoms with van der Waals surface area (Å²) >= 11 is 0. The summed E-state index contributed by atoms with van der Waals surface area (Å²) in [5, 5.41) is 0. The summed E-state index contributed by atoms with van der Waals surface area (Å²) in [5.41, 5.74) is 1.89. The Morgan fingerprint density at radius 3 is 2.45 bits per heavy atom. The average Bonchev–Trinajstić information content (AvgIpc) is 2.58. The number of rotatable bonds is 6. The third kappa shape index (κ3) is 5.43. The molecule has 0 aliphatic carbocycles. The topological polar surface area (TPSA) is 35.5 Å². The highest BCUT2D eigenvalue weighted by Gasteiger charge is 1.99. The Morgan fingerprint density at radius 2 is 1.77 bits per heavy atom. The van der Waals surface area contributed by atoms with Gasteiger partial charge < -0.3 is 9.47 Å². The van der Waals surface area contributed by atoms with E-state index in [-0.39, 0.29) is 5.78 Å². The van der Waals surface area contributed by atoms with Gasteiger partial charge in [-0.25, -0.2) is 0 Å². The van der Waals surface area contributed by atoms with Crippen molar-refractivity contribution in [3.63, 3.8) is 0 Å². The van der Waals surface area contributed by atoms with Gasteiger partial charge in [0.05, 0.1) is 20.3 Å². The molecule has 3 nitrogen and oxygen atoms in total. The standard InChI is InChI=1S/C19H18O3/c1-21-19-11-8-17(9-12-19)15-22-14-13-18(20)10-7-16-5-3-2-4-6-16/h2-6,8-9,11-12H,13-15H2,1H3. The van der Waals surface area contributed by atoms with Crippen LogP contribution in [0.1, 0.15) is 17.5 Å². The van der Waals surface area contributed by atoms with Crippen molar-refractivity contribution in [2.24, 2.45) is 0 Å². The molecule has 0 fully saturated rings. The first-order chi connectivity index (χ1) is 10.8.